The molecule has 1 rings (SSSR count). The Morgan fingerprint density at radius 1 is 1.38 bits per heavy atom. The van der Waals surface area contributed by atoms with E-state index in [1.807, 2.05) is 12.1 Å². The van der Waals surface area contributed by atoms with Gasteiger partial charge in [0.1, 0.15) is 0 Å². The number of halogens is 3. The molecule has 1 nitrogen and oxygen atoms in total. The lowest BCUT2D eigenvalue weighted by atomic mass is 10.1. The third-order valence-corrected chi connectivity index (χ3v) is 5.00. The van der Waals surface area contributed by atoms with Crippen molar-refractivity contribution < 1.29 is 0 Å². The minimum absolute atomic E-state index is 0.121. The van der Waals surface area contributed by atoms with Gasteiger partial charge in [0.15, 0.2) is 0 Å². The van der Waals surface area contributed by atoms with Gasteiger partial charge in [-0.3, -0.25) is 4.90 Å². The minimum Gasteiger partial charge on any atom is -0.296 e. The molecule has 1 aromatic rings. The van der Waals surface area contributed by atoms with Crippen molar-refractivity contribution in [2.24, 2.45) is 0 Å². The van der Waals surface area contributed by atoms with Crippen LogP contribution in [0.3, 0.4) is 0 Å². The number of rotatable bonds is 4. The van der Waals surface area contributed by atoms with Crippen molar-refractivity contribution in [1.82, 2.24) is 4.90 Å². The molecule has 0 radical (unpaired) electrons. The molecule has 4 heteroatoms. The average Bonchev–Trinajstić information content (AvgIpc) is 2.22. The second-order valence-corrected chi connectivity index (χ2v) is 6.42. The fourth-order valence-electron chi connectivity index (χ4n) is 1.22. The van der Waals surface area contributed by atoms with Gasteiger partial charge in [0.05, 0.1) is 0 Å². The molecule has 0 bridgehead atoms. The Morgan fingerprint density at radius 2 is 2.00 bits per heavy atom. The summed E-state index contributed by atoms with van der Waals surface area (Å²) in [6, 6.07) is 6.02. The van der Waals surface area contributed by atoms with Crippen LogP contribution in [0.4, 0.5) is 0 Å². The first-order chi connectivity index (χ1) is 7.36. The molecule has 0 spiro atoms. The zero-order chi connectivity index (χ0) is 12.3. The Morgan fingerprint density at radius 3 is 2.50 bits per heavy atom. The van der Waals surface area contributed by atoms with Crippen molar-refractivity contribution in [3.05, 3.63) is 33.3 Å². The molecular formula is C12H16Br2ClN. The average molecular weight is 370 g/mol. The molecule has 0 N–H and O–H groups in total. The highest BCUT2D eigenvalue weighted by atomic mass is 79.9. The predicted octanol–water partition coefficient (Wildman–Crippen LogP) is 4.71. The largest absolute Gasteiger partial charge is 0.296 e. The molecule has 0 saturated carbocycles. The van der Waals surface area contributed by atoms with Gasteiger partial charge in [0.2, 0.25) is 0 Å². The van der Waals surface area contributed by atoms with Crippen molar-refractivity contribution in [2.45, 2.75) is 25.9 Å². The molecule has 0 aromatic heterocycles. The smallest absolute Gasteiger partial charge is 0.0462 e. The van der Waals surface area contributed by atoms with Crippen LogP contribution in [-0.4, -0.2) is 22.8 Å². The van der Waals surface area contributed by atoms with Gasteiger partial charge in [-0.25, -0.2) is 0 Å². The molecule has 0 amide bonds. The van der Waals surface area contributed by atoms with Crippen molar-refractivity contribution in [3.63, 3.8) is 0 Å². The van der Waals surface area contributed by atoms with Gasteiger partial charge in [0, 0.05) is 26.9 Å². The summed E-state index contributed by atoms with van der Waals surface area (Å²) in [6.45, 7) is 5.26. The maximum Gasteiger partial charge on any atom is 0.0462 e. The fourth-order valence-corrected chi connectivity index (χ4v) is 2.38. The molecule has 0 atom stereocenters. The summed E-state index contributed by atoms with van der Waals surface area (Å²) >= 11 is 13.1. The molecule has 0 saturated heterocycles. The van der Waals surface area contributed by atoms with Crippen LogP contribution in [0.1, 0.15) is 19.4 Å². The van der Waals surface area contributed by atoms with Crippen LogP contribution >= 0.6 is 43.5 Å². The number of alkyl halides is 1. The Hall–Kier alpha value is 0.430. The highest BCUT2D eigenvalue weighted by Gasteiger charge is 2.22. The van der Waals surface area contributed by atoms with Crippen LogP contribution in [0.15, 0.2) is 22.7 Å². The monoisotopic (exact) mass is 367 g/mol. The van der Waals surface area contributed by atoms with Crippen LogP contribution in [-0.2, 0) is 6.54 Å². The highest BCUT2D eigenvalue weighted by Crippen LogP contribution is 2.25. The lowest BCUT2D eigenvalue weighted by molar-refractivity contribution is 0.173. The quantitative estimate of drug-likeness (QED) is 0.695. The minimum atomic E-state index is 0.121. The van der Waals surface area contributed by atoms with E-state index in [4.69, 9.17) is 11.6 Å². The Kier molecular flexibility index (Phi) is 5.30. The molecule has 0 aliphatic rings. The maximum absolute atomic E-state index is 6.20. The molecule has 90 valence electrons. The first-order valence-electron chi connectivity index (χ1n) is 5.08. The van der Waals surface area contributed by atoms with E-state index in [0.717, 1.165) is 26.9 Å². The van der Waals surface area contributed by atoms with Crippen molar-refractivity contribution in [1.29, 1.82) is 0 Å². The van der Waals surface area contributed by atoms with Crippen LogP contribution in [0.2, 0.25) is 5.02 Å². The van der Waals surface area contributed by atoms with E-state index in [-0.39, 0.29) is 5.54 Å². The van der Waals surface area contributed by atoms with Crippen LogP contribution in [0.5, 0.6) is 0 Å². The van der Waals surface area contributed by atoms with E-state index in [1.165, 1.54) is 0 Å². The molecule has 0 fully saturated rings. The van der Waals surface area contributed by atoms with Crippen molar-refractivity contribution in [2.75, 3.05) is 12.4 Å². The second kappa shape index (κ2) is 5.85. The molecular weight excluding hydrogens is 353 g/mol. The lowest BCUT2D eigenvalue weighted by Crippen LogP contribution is -2.42. The summed E-state index contributed by atoms with van der Waals surface area (Å²) in [6.07, 6.45) is 0. The van der Waals surface area contributed by atoms with Crippen LogP contribution in [0.25, 0.3) is 0 Å². The Bertz CT molecular complexity index is 366. The maximum atomic E-state index is 6.20. The van der Waals surface area contributed by atoms with E-state index in [2.05, 4.69) is 63.7 Å². The number of hydrogen-bond donors (Lipinski definition) is 0. The molecule has 0 unspecified atom stereocenters. The standard InChI is InChI=1S/C12H16Br2ClN/c1-12(2,8-13)16(3)7-9-4-5-10(14)6-11(9)15/h4-6H,7-8H2,1-3H3. The lowest BCUT2D eigenvalue weighted by Gasteiger charge is -2.34. The van der Waals surface area contributed by atoms with E-state index < -0.39 is 0 Å². The topological polar surface area (TPSA) is 3.24 Å². The van der Waals surface area contributed by atoms with Gasteiger partial charge in [-0.05, 0) is 38.6 Å². The summed E-state index contributed by atoms with van der Waals surface area (Å²) in [5, 5.41) is 1.75. The summed E-state index contributed by atoms with van der Waals surface area (Å²) in [5.41, 5.74) is 1.28. The number of benzene rings is 1. The highest BCUT2D eigenvalue weighted by molar-refractivity contribution is 9.10. The number of hydrogen-bond acceptors (Lipinski definition) is 1. The summed E-state index contributed by atoms with van der Waals surface area (Å²) < 4.78 is 1.02. The first kappa shape index (κ1) is 14.5. The van der Waals surface area contributed by atoms with Gasteiger partial charge >= 0.3 is 0 Å². The summed E-state index contributed by atoms with van der Waals surface area (Å²) in [7, 11) is 2.11. The van der Waals surface area contributed by atoms with Gasteiger partial charge in [0.25, 0.3) is 0 Å². The third-order valence-electron chi connectivity index (χ3n) is 2.78. The second-order valence-electron chi connectivity index (χ2n) is 4.54. The van der Waals surface area contributed by atoms with Gasteiger partial charge in [-0.2, -0.15) is 0 Å². The molecule has 0 aliphatic heterocycles. The Labute approximate surface area is 119 Å². The molecule has 0 heterocycles. The SMILES string of the molecule is CN(Cc1ccc(Br)cc1Cl)C(C)(C)CBr. The van der Waals surface area contributed by atoms with Crippen molar-refractivity contribution in [3.8, 4) is 0 Å². The zero-order valence-electron chi connectivity index (χ0n) is 9.73. The van der Waals surface area contributed by atoms with Crippen LogP contribution in [0, 0.1) is 0 Å². The van der Waals surface area contributed by atoms with E-state index in [9.17, 15) is 0 Å². The van der Waals surface area contributed by atoms with Gasteiger partial charge < -0.3 is 0 Å². The van der Waals surface area contributed by atoms with Gasteiger partial charge in [-0.1, -0.05) is 49.5 Å². The van der Waals surface area contributed by atoms with E-state index in [1.54, 1.807) is 0 Å². The van der Waals surface area contributed by atoms with E-state index >= 15 is 0 Å². The molecule has 1 aromatic carbocycles. The van der Waals surface area contributed by atoms with Gasteiger partial charge in [-0.15, -0.1) is 0 Å². The van der Waals surface area contributed by atoms with Crippen LogP contribution < -0.4 is 0 Å². The summed E-state index contributed by atoms with van der Waals surface area (Å²) in [5.74, 6) is 0. The Balaban J connectivity index is 2.81. The predicted molar refractivity (Wildman–Crippen MR) is 78.5 cm³/mol. The summed E-state index contributed by atoms with van der Waals surface area (Å²) in [4.78, 5) is 2.29. The molecule has 0 aliphatic carbocycles. The molecule has 16 heavy (non-hydrogen) atoms. The van der Waals surface area contributed by atoms with E-state index in [0.29, 0.717) is 0 Å². The van der Waals surface area contributed by atoms with Crippen molar-refractivity contribution >= 4 is 43.5 Å². The zero-order valence-corrected chi connectivity index (χ0v) is 13.7. The first-order valence-corrected chi connectivity index (χ1v) is 7.37. The fraction of sp³-hybridized carbons (Fsp3) is 0.500. The third kappa shape index (κ3) is 3.73. The normalized spacial score (nSPS) is 12.2. The number of nitrogens with zero attached hydrogens (tertiary/aromatic N) is 1.